The minimum absolute atomic E-state index is 0.0154. The summed E-state index contributed by atoms with van der Waals surface area (Å²) in [6, 6.07) is 0. The van der Waals surface area contributed by atoms with Gasteiger partial charge < -0.3 is 28.4 Å². The van der Waals surface area contributed by atoms with Gasteiger partial charge in [0.05, 0.1) is 54.5 Å². The first-order valence-corrected chi connectivity index (χ1v) is 10.0. The van der Waals surface area contributed by atoms with E-state index < -0.39 is 59.5 Å². The van der Waals surface area contributed by atoms with Crippen LogP contribution in [0.1, 0.15) is 38.5 Å². The zero-order valence-corrected chi connectivity index (χ0v) is 19.8. The van der Waals surface area contributed by atoms with Gasteiger partial charge in [-0.25, -0.2) is 0 Å². The van der Waals surface area contributed by atoms with Crippen LogP contribution in [-0.4, -0.2) is 78.5 Å². The number of rotatable bonds is 14. The smallest absolute Gasteiger partial charge is 0.323 e. The Hall–Kier alpha value is -3.18. The molecule has 0 aromatic carbocycles. The Morgan fingerprint density at radius 3 is 1.48 bits per heavy atom. The van der Waals surface area contributed by atoms with E-state index in [1.54, 1.807) is 0 Å². The Labute approximate surface area is 192 Å². The van der Waals surface area contributed by atoms with Gasteiger partial charge in [0.2, 0.25) is 0 Å². The van der Waals surface area contributed by atoms with E-state index >= 15 is 0 Å². The molecule has 0 spiro atoms. The SMILES string of the molecule is COC(=O)CCC(CC(CC(CCC(=O)OC)(C(=O)OC)C(=O)OC)C(=O)OC)C(=O)OC. The molecule has 12 heteroatoms. The zero-order valence-electron chi connectivity index (χ0n) is 19.8. The summed E-state index contributed by atoms with van der Waals surface area (Å²) in [5.74, 6) is -7.00. The van der Waals surface area contributed by atoms with E-state index in [0.717, 1.165) is 35.5 Å². The van der Waals surface area contributed by atoms with Crippen molar-refractivity contribution in [2.24, 2.45) is 17.3 Å². The lowest BCUT2D eigenvalue weighted by molar-refractivity contribution is -0.173. The largest absolute Gasteiger partial charge is 0.469 e. The number of methoxy groups -OCH3 is 6. The summed E-state index contributed by atoms with van der Waals surface area (Å²) >= 11 is 0. The number of carbonyl (C=O) groups excluding carboxylic acids is 6. The zero-order chi connectivity index (χ0) is 25.6. The van der Waals surface area contributed by atoms with Gasteiger partial charge in [0, 0.05) is 12.8 Å². The van der Waals surface area contributed by atoms with Gasteiger partial charge in [-0.2, -0.15) is 0 Å². The highest BCUT2D eigenvalue weighted by Gasteiger charge is 2.51. The first-order chi connectivity index (χ1) is 15.6. The van der Waals surface area contributed by atoms with Gasteiger partial charge in [0.25, 0.3) is 0 Å². The summed E-state index contributed by atoms with van der Waals surface area (Å²) in [6.07, 6.45) is -1.58. The van der Waals surface area contributed by atoms with E-state index in [2.05, 4.69) is 9.47 Å². The van der Waals surface area contributed by atoms with E-state index in [1.807, 2.05) is 0 Å². The predicted molar refractivity (Wildman–Crippen MR) is 109 cm³/mol. The van der Waals surface area contributed by atoms with Gasteiger partial charge in [0.15, 0.2) is 5.41 Å². The maximum absolute atomic E-state index is 12.7. The number of esters is 6. The third-order valence-electron chi connectivity index (χ3n) is 5.29. The number of hydrogen-bond donors (Lipinski definition) is 0. The molecule has 0 aromatic rings. The van der Waals surface area contributed by atoms with Gasteiger partial charge >= 0.3 is 35.8 Å². The summed E-state index contributed by atoms with van der Waals surface area (Å²) in [7, 11) is 6.65. The molecule has 0 amide bonds. The monoisotopic (exact) mass is 476 g/mol. The molecule has 2 atom stereocenters. The van der Waals surface area contributed by atoms with E-state index in [0.29, 0.717) is 0 Å². The topological polar surface area (TPSA) is 158 Å². The van der Waals surface area contributed by atoms with Crippen LogP contribution in [0, 0.1) is 17.3 Å². The molecule has 2 unspecified atom stereocenters. The molecule has 0 heterocycles. The van der Waals surface area contributed by atoms with Crippen molar-refractivity contribution in [3.63, 3.8) is 0 Å². The normalized spacial score (nSPS) is 12.5. The molecule has 0 saturated heterocycles. The van der Waals surface area contributed by atoms with Crippen molar-refractivity contribution in [2.45, 2.75) is 38.5 Å². The van der Waals surface area contributed by atoms with Crippen LogP contribution in [0.4, 0.5) is 0 Å². The van der Waals surface area contributed by atoms with Gasteiger partial charge in [-0.1, -0.05) is 0 Å². The molecule has 0 N–H and O–H groups in total. The first-order valence-electron chi connectivity index (χ1n) is 10.0. The van der Waals surface area contributed by atoms with Crippen LogP contribution in [-0.2, 0) is 57.2 Å². The van der Waals surface area contributed by atoms with E-state index in [1.165, 1.54) is 7.11 Å². The minimum Gasteiger partial charge on any atom is -0.469 e. The highest BCUT2D eigenvalue weighted by atomic mass is 16.6. The maximum atomic E-state index is 12.7. The second-order valence-corrected chi connectivity index (χ2v) is 7.14. The Bertz CT molecular complexity index is 698. The van der Waals surface area contributed by atoms with Crippen molar-refractivity contribution >= 4 is 35.8 Å². The van der Waals surface area contributed by atoms with Crippen molar-refractivity contribution < 1.29 is 57.2 Å². The molecular weight excluding hydrogens is 444 g/mol. The fourth-order valence-corrected chi connectivity index (χ4v) is 3.45. The fourth-order valence-electron chi connectivity index (χ4n) is 3.45. The van der Waals surface area contributed by atoms with E-state index in [9.17, 15) is 28.8 Å². The molecule has 12 nitrogen and oxygen atoms in total. The molecule has 0 rings (SSSR count). The van der Waals surface area contributed by atoms with Crippen LogP contribution in [0.5, 0.6) is 0 Å². The minimum atomic E-state index is -2.06. The number of ether oxygens (including phenoxy) is 6. The summed E-state index contributed by atoms with van der Waals surface area (Å²) in [5, 5.41) is 0. The first kappa shape index (κ1) is 29.8. The maximum Gasteiger partial charge on any atom is 0.323 e. The van der Waals surface area contributed by atoms with Crippen molar-refractivity contribution in [3.8, 4) is 0 Å². The molecule has 33 heavy (non-hydrogen) atoms. The van der Waals surface area contributed by atoms with Gasteiger partial charge in [0.1, 0.15) is 0 Å². The standard InChI is InChI=1S/C21H32O12/c1-28-15(22)8-7-13(17(24)30-3)11-14(18(25)31-4)12-21(19(26)32-5,20(27)33-6)10-9-16(23)29-2/h13-14H,7-12H2,1-6H3. The highest BCUT2D eigenvalue weighted by molar-refractivity contribution is 6.00. The van der Waals surface area contributed by atoms with Crippen molar-refractivity contribution in [2.75, 3.05) is 42.7 Å². The van der Waals surface area contributed by atoms with Crippen molar-refractivity contribution in [3.05, 3.63) is 0 Å². The molecule has 188 valence electrons. The van der Waals surface area contributed by atoms with Crippen LogP contribution in [0.2, 0.25) is 0 Å². The summed E-state index contributed by atoms with van der Waals surface area (Å²) in [5.41, 5.74) is -2.06. The van der Waals surface area contributed by atoms with Crippen molar-refractivity contribution in [1.29, 1.82) is 0 Å². The number of hydrogen-bond acceptors (Lipinski definition) is 12. The third kappa shape index (κ3) is 8.70. The predicted octanol–water partition coefficient (Wildman–Crippen LogP) is 0.584. The van der Waals surface area contributed by atoms with Crippen LogP contribution >= 0.6 is 0 Å². The Morgan fingerprint density at radius 2 is 1.06 bits per heavy atom. The lowest BCUT2D eigenvalue weighted by Crippen LogP contribution is -2.45. The molecular formula is C21H32O12. The van der Waals surface area contributed by atoms with E-state index in [-0.39, 0.29) is 32.1 Å². The highest BCUT2D eigenvalue weighted by Crippen LogP contribution is 2.38. The van der Waals surface area contributed by atoms with Crippen LogP contribution in [0.3, 0.4) is 0 Å². The lowest BCUT2D eigenvalue weighted by Gasteiger charge is -2.31. The Kier molecular flexibility index (Phi) is 13.4. The van der Waals surface area contributed by atoms with Crippen LogP contribution < -0.4 is 0 Å². The van der Waals surface area contributed by atoms with Gasteiger partial charge in [-0.3, -0.25) is 28.8 Å². The summed E-state index contributed by atoms with van der Waals surface area (Å²) in [4.78, 5) is 73.6. The fraction of sp³-hybridized carbons (Fsp3) is 0.714. The van der Waals surface area contributed by atoms with E-state index in [4.69, 9.17) is 18.9 Å². The molecule has 0 aliphatic heterocycles. The molecule has 0 aromatic heterocycles. The molecule has 0 bridgehead atoms. The van der Waals surface area contributed by atoms with Crippen LogP contribution in [0.15, 0.2) is 0 Å². The summed E-state index contributed by atoms with van der Waals surface area (Å²) < 4.78 is 28.3. The summed E-state index contributed by atoms with van der Waals surface area (Å²) in [6.45, 7) is 0. The Morgan fingerprint density at radius 1 is 0.606 bits per heavy atom. The van der Waals surface area contributed by atoms with Gasteiger partial charge in [-0.15, -0.1) is 0 Å². The average molecular weight is 476 g/mol. The quantitative estimate of drug-likeness (QED) is 0.195. The second-order valence-electron chi connectivity index (χ2n) is 7.14. The van der Waals surface area contributed by atoms with Crippen LogP contribution in [0.25, 0.3) is 0 Å². The number of carbonyl (C=O) groups is 6. The molecule has 0 fully saturated rings. The molecule has 0 saturated carbocycles. The van der Waals surface area contributed by atoms with Crippen molar-refractivity contribution in [1.82, 2.24) is 0 Å². The molecule has 0 aliphatic rings. The second kappa shape index (κ2) is 14.8. The molecule has 0 radical (unpaired) electrons. The third-order valence-corrected chi connectivity index (χ3v) is 5.29. The average Bonchev–Trinajstić information content (AvgIpc) is 2.84. The lowest BCUT2D eigenvalue weighted by atomic mass is 9.73. The van der Waals surface area contributed by atoms with Gasteiger partial charge in [-0.05, 0) is 25.7 Å². The molecule has 0 aliphatic carbocycles. The Balaban J connectivity index is 6.19.